The zero-order valence-corrected chi connectivity index (χ0v) is 10.9. The Balaban J connectivity index is 2.81. The largest absolute Gasteiger partial charge is 0.304 e. The van der Waals surface area contributed by atoms with Crippen molar-refractivity contribution >= 4 is 28.5 Å². The second-order valence-corrected chi connectivity index (χ2v) is 4.14. The first-order chi connectivity index (χ1) is 8.13. The minimum atomic E-state index is -0.148. The third-order valence-electron chi connectivity index (χ3n) is 1.96. The third kappa shape index (κ3) is 4.82. The summed E-state index contributed by atoms with van der Waals surface area (Å²) in [6.45, 7) is 3.32. The summed E-state index contributed by atoms with van der Waals surface area (Å²) in [7, 11) is 0. The first-order valence-electron chi connectivity index (χ1n) is 5.12. The van der Waals surface area contributed by atoms with Gasteiger partial charge in [-0.05, 0) is 18.7 Å². The van der Waals surface area contributed by atoms with Gasteiger partial charge in [-0.3, -0.25) is 4.79 Å². The molecule has 4 nitrogen and oxygen atoms in total. The molecular formula is C12H15N3OS. The van der Waals surface area contributed by atoms with Gasteiger partial charge in [0, 0.05) is 6.92 Å². The van der Waals surface area contributed by atoms with Crippen LogP contribution >= 0.6 is 11.8 Å². The number of hydrogen-bond acceptors (Lipinski definition) is 4. The van der Waals surface area contributed by atoms with Gasteiger partial charge in [0.1, 0.15) is 0 Å². The van der Waals surface area contributed by atoms with Crippen molar-refractivity contribution in [1.82, 2.24) is 5.32 Å². The predicted octanol–water partition coefficient (Wildman–Crippen LogP) is 2.27. The monoisotopic (exact) mass is 249 g/mol. The molecule has 0 heterocycles. The second-order valence-electron chi connectivity index (χ2n) is 3.34. The quantitative estimate of drug-likeness (QED) is 0.496. The van der Waals surface area contributed by atoms with Crippen LogP contribution < -0.4 is 5.32 Å². The lowest BCUT2D eigenvalue weighted by Gasteiger charge is -2.01. The van der Waals surface area contributed by atoms with Crippen LogP contribution in [-0.4, -0.2) is 23.0 Å². The molecule has 0 fully saturated rings. The molecule has 1 amide bonds. The van der Waals surface area contributed by atoms with Crippen molar-refractivity contribution in [3.63, 3.8) is 0 Å². The van der Waals surface area contributed by atoms with Crippen LogP contribution in [0.2, 0.25) is 0 Å². The van der Waals surface area contributed by atoms with Crippen molar-refractivity contribution in [2.45, 2.75) is 13.8 Å². The minimum Gasteiger partial charge on any atom is -0.304 e. The summed E-state index contributed by atoms with van der Waals surface area (Å²) in [5.74, 6) is -0.148. The number of nitrogens with zero attached hydrogens (tertiary/aromatic N) is 2. The molecule has 5 heteroatoms. The summed E-state index contributed by atoms with van der Waals surface area (Å²) < 4.78 is 0. The lowest BCUT2D eigenvalue weighted by Crippen LogP contribution is -2.25. The normalized spacial score (nSPS) is 12.4. The van der Waals surface area contributed by atoms with Crippen molar-refractivity contribution in [2.75, 3.05) is 6.26 Å². The lowest BCUT2D eigenvalue weighted by molar-refractivity contribution is -0.117. The maximum absolute atomic E-state index is 10.9. The molecule has 1 rings (SSSR count). The van der Waals surface area contributed by atoms with Gasteiger partial charge in [-0.2, -0.15) is 5.10 Å². The fourth-order valence-corrected chi connectivity index (χ4v) is 1.49. The Labute approximate surface area is 105 Å². The number of hydrogen-bond donors (Lipinski definition) is 1. The van der Waals surface area contributed by atoms with E-state index in [2.05, 4.69) is 15.5 Å². The summed E-state index contributed by atoms with van der Waals surface area (Å²) in [5, 5.41) is 11.2. The Hall–Kier alpha value is -1.62. The molecule has 0 aliphatic carbocycles. The topological polar surface area (TPSA) is 53.8 Å². The van der Waals surface area contributed by atoms with E-state index in [-0.39, 0.29) is 5.91 Å². The van der Waals surface area contributed by atoms with Gasteiger partial charge in [0.2, 0.25) is 5.91 Å². The van der Waals surface area contributed by atoms with Gasteiger partial charge >= 0.3 is 0 Å². The van der Waals surface area contributed by atoms with Gasteiger partial charge in [-0.15, -0.1) is 5.10 Å². The highest BCUT2D eigenvalue weighted by atomic mass is 32.2. The molecule has 0 unspecified atom stereocenters. The van der Waals surface area contributed by atoms with Crippen molar-refractivity contribution in [3.05, 3.63) is 35.9 Å². The molecule has 0 aliphatic heterocycles. The predicted molar refractivity (Wildman–Crippen MR) is 73.4 cm³/mol. The van der Waals surface area contributed by atoms with Crippen molar-refractivity contribution in [2.24, 2.45) is 10.2 Å². The number of amides is 1. The molecule has 0 saturated carbocycles. The summed E-state index contributed by atoms with van der Waals surface area (Å²) >= 11 is 1.35. The molecule has 0 aromatic heterocycles. The van der Waals surface area contributed by atoms with Crippen LogP contribution in [0.25, 0.3) is 0 Å². The van der Waals surface area contributed by atoms with Crippen LogP contribution in [0, 0.1) is 0 Å². The van der Waals surface area contributed by atoms with Crippen LogP contribution in [0.4, 0.5) is 0 Å². The maximum Gasteiger partial charge on any atom is 0.222 e. The average molecular weight is 249 g/mol. The van der Waals surface area contributed by atoms with E-state index in [1.807, 2.05) is 43.5 Å². The fraction of sp³-hybridized carbons (Fsp3) is 0.250. The zero-order chi connectivity index (χ0) is 12.7. The number of rotatable bonds is 2. The highest BCUT2D eigenvalue weighted by Crippen LogP contribution is 2.02. The van der Waals surface area contributed by atoms with E-state index in [4.69, 9.17) is 0 Å². The Morgan fingerprint density at radius 1 is 1.18 bits per heavy atom. The van der Waals surface area contributed by atoms with Crippen LogP contribution in [-0.2, 0) is 4.79 Å². The average Bonchev–Trinajstić information content (AvgIpc) is 2.34. The standard InChI is InChI=1S/C12H15N3OS/c1-9(11-7-5-4-6-8-11)14-15-12(17-3)13-10(2)16/h4-8H,1-3H3,(H,13,15,16). The van der Waals surface area contributed by atoms with E-state index in [1.165, 1.54) is 18.7 Å². The van der Waals surface area contributed by atoms with Gasteiger partial charge in [0.15, 0.2) is 5.17 Å². The molecule has 0 radical (unpaired) electrons. The van der Waals surface area contributed by atoms with Gasteiger partial charge in [-0.1, -0.05) is 42.1 Å². The van der Waals surface area contributed by atoms with Crippen molar-refractivity contribution in [3.8, 4) is 0 Å². The molecule has 17 heavy (non-hydrogen) atoms. The van der Waals surface area contributed by atoms with Gasteiger partial charge in [0.05, 0.1) is 5.71 Å². The van der Waals surface area contributed by atoms with Crippen molar-refractivity contribution < 1.29 is 4.79 Å². The molecular weight excluding hydrogens is 234 g/mol. The van der Waals surface area contributed by atoms with E-state index in [9.17, 15) is 4.79 Å². The Bertz CT molecular complexity index is 440. The molecule has 1 aromatic rings. The second kappa shape index (κ2) is 6.85. The third-order valence-corrected chi connectivity index (χ3v) is 2.53. The smallest absolute Gasteiger partial charge is 0.222 e. The molecule has 1 aromatic carbocycles. The van der Waals surface area contributed by atoms with E-state index >= 15 is 0 Å². The first-order valence-corrected chi connectivity index (χ1v) is 6.35. The van der Waals surface area contributed by atoms with Crippen molar-refractivity contribution in [1.29, 1.82) is 0 Å². The number of thioether (sulfide) groups is 1. The first kappa shape index (κ1) is 13.4. The van der Waals surface area contributed by atoms with Crippen LogP contribution in [0.15, 0.2) is 40.5 Å². The number of benzene rings is 1. The van der Waals surface area contributed by atoms with Crippen LogP contribution in [0.5, 0.6) is 0 Å². The molecule has 0 saturated heterocycles. The Morgan fingerprint density at radius 3 is 2.35 bits per heavy atom. The number of nitrogens with one attached hydrogen (secondary N) is 1. The Kier molecular flexibility index (Phi) is 5.42. The minimum absolute atomic E-state index is 0.148. The molecule has 0 atom stereocenters. The highest BCUT2D eigenvalue weighted by molar-refractivity contribution is 8.13. The maximum atomic E-state index is 10.9. The summed E-state index contributed by atoms with van der Waals surface area (Å²) in [6, 6.07) is 9.77. The van der Waals surface area contributed by atoms with Crippen LogP contribution in [0.1, 0.15) is 19.4 Å². The Morgan fingerprint density at radius 2 is 1.82 bits per heavy atom. The van der Waals surface area contributed by atoms with Gasteiger partial charge in [-0.25, -0.2) is 0 Å². The highest BCUT2D eigenvalue weighted by Gasteiger charge is 1.99. The zero-order valence-electron chi connectivity index (χ0n) is 10.1. The number of amidine groups is 1. The van der Waals surface area contributed by atoms with Gasteiger partial charge in [0.25, 0.3) is 0 Å². The van der Waals surface area contributed by atoms with E-state index in [0.717, 1.165) is 11.3 Å². The lowest BCUT2D eigenvalue weighted by atomic mass is 10.1. The molecule has 0 bridgehead atoms. The van der Waals surface area contributed by atoms with E-state index in [1.54, 1.807) is 0 Å². The molecule has 0 aliphatic rings. The summed E-state index contributed by atoms with van der Waals surface area (Å²) in [4.78, 5) is 10.9. The van der Waals surface area contributed by atoms with Crippen LogP contribution in [0.3, 0.4) is 0 Å². The van der Waals surface area contributed by atoms with E-state index < -0.39 is 0 Å². The van der Waals surface area contributed by atoms with Gasteiger partial charge < -0.3 is 5.32 Å². The summed E-state index contributed by atoms with van der Waals surface area (Å²) in [6.07, 6.45) is 1.84. The number of carbonyl (C=O) groups is 1. The number of carbonyl (C=O) groups excluding carboxylic acids is 1. The van der Waals surface area contributed by atoms with E-state index in [0.29, 0.717) is 5.17 Å². The fourth-order valence-electron chi connectivity index (χ4n) is 1.12. The molecule has 90 valence electrons. The molecule has 0 spiro atoms. The molecule has 1 N–H and O–H groups in total. The SMILES string of the molecule is CS/C(=N/N=C(C)c1ccccc1)NC(C)=O. The summed E-state index contributed by atoms with van der Waals surface area (Å²) in [5.41, 5.74) is 1.82.